The molecule has 1 amide bonds. The maximum atomic E-state index is 11.7. The van der Waals surface area contributed by atoms with Gasteiger partial charge in [0.25, 0.3) is 0 Å². The normalized spacial score (nSPS) is 12.8. The monoisotopic (exact) mass is 285 g/mol. The summed E-state index contributed by atoms with van der Waals surface area (Å²) >= 11 is 1.35. The van der Waals surface area contributed by atoms with E-state index in [9.17, 15) is 9.59 Å². The van der Waals surface area contributed by atoms with Gasteiger partial charge in [-0.25, -0.2) is 4.79 Å². The Bertz CT molecular complexity index is 461. The van der Waals surface area contributed by atoms with Crippen molar-refractivity contribution in [1.82, 2.24) is 0 Å². The van der Waals surface area contributed by atoms with Crippen molar-refractivity contribution < 1.29 is 19.4 Å². The SMILES string of the molecule is CCC(C(=O)O)c1cscc1NC(=O)OC(C)(C)C. The van der Waals surface area contributed by atoms with E-state index in [1.54, 1.807) is 38.5 Å². The second kappa shape index (κ2) is 6.06. The number of hydrogen-bond donors (Lipinski definition) is 2. The van der Waals surface area contributed by atoms with Crippen LogP contribution in [0.3, 0.4) is 0 Å². The van der Waals surface area contributed by atoms with Crippen molar-refractivity contribution in [3.05, 3.63) is 16.3 Å². The first-order valence-corrected chi connectivity index (χ1v) is 6.97. The molecule has 1 aromatic heterocycles. The Morgan fingerprint density at radius 3 is 2.53 bits per heavy atom. The first-order chi connectivity index (χ1) is 8.74. The van der Waals surface area contributed by atoms with Gasteiger partial charge in [-0.2, -0.15) is 0 Å². The van der Waals surface area contributed by atoms with Gasteiger partial charge in [0.2, 0.25) is 0 Å². The molecule has 106 valence electrons. The molecule has 1 heterocycles. The first-order valence-electron chi connectivity index (χ1n) is 6.03. The van der Waals surface area contributed by atoms with Crippen molar-refractivity contribution in [2.75, 3.05) is 5.32 Å². The highest BCUT2D eigenvalue weighted by molar-refractivity contribution is 7.08. The van der Waals surface area contributed by atoms with Crippen molar-refractivity contribution in [3.8, 4) is 0 Å². The number of rotatable bonds is 4. The molecule has 0 radical (unpaired) electrons. The van der Waals surface area contributed by atoms with Crippen molar-refractivity contribution in [2.45, 2.75) is 45.6 Å². The number of amides is 1. The number of carbonyl (C=O) groups excluding carboxylic acids is 1. The van der Waals surface area contributed by atoms with E-state index in [2.05, 4.69) is 5.32 Å². The summed E-state index contributed by atoms with van der Waals surface area (Å²) in [5, 5.41) is 15.2. The van der Waals surface area contributed by atoms with Crippen LogP contribution < -0.4 is 5.32 Å². The summed E-state index contributed by atoms with van der Waals surface area (Å²) in [6, 6.07) is 0. The van der Waals surface area contributed by atoms with Gasteiger partial charge in [-0.1, -0.05) is 6.92 Å². The Morgan fingerprint density at radius 1 is 1.42 bits per heavy atom. The molecule has 2 N–H and O–H groups in total. The lowest BCUT2D eigenvalue weighted by atomic mass is 9.98. The lowest BCUT2D eigenvalue weighted by molar-refractivity contribution is -0.138. The average Bonchev–Trinajstić information content (AvgIpc) is 2.63. The van der Waals surface area contributed by atoms with Gasteiger partial charge >= 0.3 is 12.1 Å². The number of ether oxygens (including phenoxy) is 1. The Labute approximate surface area is 116 Å². The number of hydrogen-bond acceptors (Lipinski definition) is 4. The van der Waals surface area contributed by atoms with Crippen LogP contribution in [-0.4, -0.2) is 22.8 Å². The molecule has 1 rings (SSSR count). The standard InChI is InChI=1S/C13H19NO4S/c1-5-8(11(15)16)9-6-19-7-10(9)14-12(17)18-13(2,3)4/h6-8H,5H2,1-4H3,(H,14,17)(H,15,16). The number of thiophene rings is 1. The fraction of sp³-hybridized carbons (Fsp3) is 0.538. The summed E-state index contributed by atoms with van der Waals surface area (Å²) in [6.45, 7) is 7.11. The quantitative estimate of drug-likeness (QED) is 0.885. The minimum absolute atomic E-state index is 0.467. The Morgan fingerprint density at radius 2 is 2.05 bits per heavy atom. The number of aliphatic carboxylic acids is 1. The van der Waals surface area contributed by atoms with Crippen molar-refractivity contribution in [3.63, 3.8) is 0 Å². The molecule has 19 heavy (non-hydrogen) atoms. The van der Waals surface area contributed by atoms with Crippen molar-refractivity contribution in [2.24, 2.45) is 0 Å². The Balaban J connectivity index is 2.83. The van der Waals surface area contributed by atoms with E-state index in [1.165, 1.54) is 11.3 Å². The molecule has 0 saturated carbocycles. The summed E-state index contributed by atoms with van der Waals surface area (Å²) in [4.78, 5) is 22.8. The van der Waals surface area contributed by atoms with Gasteiger partial charge in [0, 0.05) is 10.9 Å². The van der Waals surface area contributed by atoms with Crippen LogP contribution in [-0.2, 0) is 9.53 Å². The van der Waals surface area contributed by atoms with Gasteiger partial charge in [0.15, 0.2) is 0 Å². The number of carboxylic acid groups (broad SMARTS) is 1. The predicted octanol–water partition coefficient (Wildman–Crippen LogP) is 3.67. The summed E-state index contributed by atoms with van der Waals surface area (Å²) in [6.07, 6.45) is -0.109. The lowest BCUT2D eigenvalue weighted by Gasteiger charge is -2.20. The Hall–Kier alpha value is -1.56. The van der Waals surface area contributed by atoms with Crippen LogP contribution in [0.4, 0.5) is 10.5 Å². The molecular weight excluding hydrogens is 266 g/mol. The van der Waals surface area contributed by atoms with Crippen LogP contribution in [0.15, 0.2) is 10.8 Å². The van der Waals surface area contributed by atoms with E-state index in [0.717, 1.165) is 0 Å². The molecule has 0 bridgehead atoms. The molecule has 0 aromatic carbocycles. The second-order valence-electron chi connectivity index (χ2n) is 5.17. The summed E-state index contributed by atoms with van der Waals surface area (Å²) in [5.74, 6) is -1.51. The topological polar surface area (TPSA) is 75.6 Å². The second-order valence-corrected chi connectivity index (χ2v) is 5.91. The smallest absolute Gasteiger partial charge is 0.412 e. The van der Waals surface area contributed by atoms with E-state index in [4.69, 9.17) is 9.84 Å². The highest BCUT2D eigenvalue weighted by Gasteiger charge is 2.23. The molecule has 0 aliphatic carbocycles. The van der Waals surface area contributed by atoms with Crippen molar-refractivity contribution >= 4 is 29.1 Å². The molecule has 5 nitrogen and oxygen atoms in total. The number of carboxylic acids is 1. The average molecular weight is 285 g/mol. The van der Waals surface area contributed by atoms with Gasteiger partial charge in [0.1, 0.15) is 5.60 Å². The van der Waals surface area contributed by atoms with Crippen LogP contribution in [0.5, 0.6) is 0 Å². The minimum atomic E-state index is -0.895. The summed E-state index contributed by atoms with van der Waals surface area (Å²) in [5.41, 5.74) is 0.538. The van der Waals surface area contributed by atoms with E-state index in [1.807, 2.05) is 0 Å². The van der Waals surface area contributed by atoms with Crippen LogP contribution >= 0.6 is 11.3 Å². The van der Waals surface area contributed by atoms with Gasteiger partial charge < -0.3 is 9.84 Å². The predicted molar refractivity (Wildman–Crippen MR) is 74.8 cm³/mol. The van der Waals surface area contributed by atoms with Gasteiger partial charge in [0.05, 0.1) is 11.6 Å². The van der Waals surface area contributed by atoms with E-state index < -0.39 is 23.6 Å². The molecular formula is C13H19NO4S. The lowest BCUT2D eigenvalue weighted by Crippen LogP contribution is -2.27. The molecule has 1 unspecified atom stereocenters. The Kier molecular flexibility index (Phi) is 4.94. The fourth-order valence-corrected chi connectivity index (χ4v) is 2.46. The zero-order chi connectivity index (χ0) is 14.6. The van der Waals surface area contributed by atoms with E-state index in [-0.39, 0.29) is 0 Å². The number of anilines is 1. The molecule has 1 aromatic rings. The van der Waals surface area contributed by atoms with Gasteiger partial charge in [-0.15, -0.1) is 11.3 Å². The van der Waals surface area contributed by atoms with E-state index in [0.29, 0.717) is 17.7 Å². The highest BCUT2D eigenvalue weighted by Crippen LogP contribution is 2.31. The molecule has 1 atom stereocenters. The molecule has 0 saturated heterocycles. The van der Waals surface area contributed by atoms with E-state index >= 15 is 0 Å². The maximum Gasteiger partial charge on any atom is 0.412 e. The molecule has 0 aliphatic heterocycles. The van der Waals surface area contributed by atoms with Crippen LogP contribution in [0.1, 0.15) is 45.6 Å². The van der Waals surface area contributed by atoms with Crippen molar-refractivity contribution in [1.29, 1.82) is 0 Å². The van der Waals surface area contributed by atoms with Gasteiger partial charge in [-0.3, -0.25) is 10.1 Å². The zero-order valence-electron chi connectivity index (χ0n) is 11.5. The third-order valence-electron chi connectivity index (χ3n) is 2.41. The zero-order valence-corrected chi connectivity index (χ0v) is 12.3. The number of carbonyl (C=O) groups is 2. The molecule has 6 heteroatoms. The largest absolute Gasteiger partial charge is 0.481 e. The molecule has 0 fully saturated rings. The fourth-order valence-electron chi connectivity index (χ4n) is 1.62. The van der Waals surface area contributed by atoms with Gasteiger partial charge in [-0.05, 0) is 32.6 Å². The number of nitrogens with one attached hydrogen (secondary N) is 1. The minimum Gasteiger partial charge on any atom is -0.481 e. The maximum absolute atomic E-state index is 11.7. The first kappa shape index (κ1) is 15.5. The molecule has 0 spiro atoms. The third kappa shape index (κ3) is 4.55. The van der Waals surface area contributed by atoms with Crippen LogP contribution in [0.25, 0.3) is 0 Å². The molecule has 0 aliphatic rings. The summed E-state index contributed by atoms with van der Waals surface area (Å²) < 4.78 is 5.15. The van der Waals surface area contributed by atoms with Crippen LogP contribution in [0, 0.1) is 0 Å². The van der Waals surface area contributed by atoms with Crippen LogP contribution in [0.2, 0.25) is 0 Å². The summed E-state index contributed by atoms with van der Waals surface area (Å²) in [7, 11) is 0. The third-order valence-corrected chi connectivity index (χ3v) is 3.17. The highest BCUT2D eigenvalue weighted by atomic mass is 32.1.